The molecule has 4 rings (SSSR count). The Bertz CT molecular complexity index is 806. The smallest absolute Gasteiger partial charge is 0.0946 e. The summed E-state index contributed by atoms with van der Waals surface area (Å²) in [5.74, 6) is 0. The lowest BCUT2D eigenvalue weighted by molar-refractivity contribution is 0.123. The molecule has 2 heterocycles. The van der Waals surface area contributed by atoms with E-state index in [0.29, 0.717) is 13.1 Å². The van der Waals surface area contributed by atoms with Gasteiger partial charge in [-0.2, -0.15) is 0 Å². The number of imidazole rings is 1. The van der Waals surface area contributed by atoms with Gasteiger partial charge in [-0.05, 0) is 30.1 Å². The van der Waals surface area contributed by atoms with Crippen molar-refractivity contribution in [3.05, 3.63) is 89.9 Å². The van der Waals surface area contributed by atoms with Gasteiger partial charge in [0.05, 0.1) is 25.5 Å². The monoisotopic (exact) mass is 333 g/mol. The SMILES string of the molecule is OC(CN1C2=C(CC=CC=C2)CC2=C1CC=CC=C2)Cn1ccnc1. The van der Waals surface area contributed by atoms with Gasteiger partial charge in [0, 0.05) is 30.2 Å². The second kappa shape index (κ2) is 7.11. The highest BCUT2D eigenvalue weighted by Gasteiger charge is 2.26. The molecular formula is C21H23N3O. The molecule has 0 fully saturated rings. The van der Waals surface area contributed by atoms with Crippen LogP contribution >= 0.6 is 0 Å². The molecule has 2 aliphatic carbocycles. The number of hydrogen-bond acceptors (Lipinski definition) is 3. The van der Waals surface area contributed by atoms with Gasteiger partial charge in [-0.1, -0.05) is 42.5 Å². The largest absolute Gasteiger partial charge is 0.389 e. The fraction of sp³-hybridized carbons (Fsp3) is 0.286. The molecule has 0 aromatic carbocycles. The van der Waals surface area contributed by atoms with E-state index >= 15 is 0 Å². The van der Waals surface area contributed by atoms with Crippen molar-refractivity contribution in [2.24, 2.45) is 0 Å². The van der Waals surface area contributed by atoms with Crippen LogP contribution < -0.4 is 0 Å². The second-order valence-electron chi connectivity index (χ2n) is 6.64. The number of aromatic nitrogens is 2. The molecule has 0 bridgehead atoms. The molecule has 1 aromatic rings. The van der Waals surface area contributed by atoms with E-state index in [-0.39, 0.29) is 0 Å². The first kappa shape index (κ1) is 15.9. The molecule has 25 heavy (non-hydrogen) atoms. The molecule has 0 saturated carbocycles. The topological polar surface area (TPSA) is 41.3 Å². The number of hydrogen-bond donors (Lipinski definition) is 1. The average molecular weight is 333 g/mol. The normalized spacial score (nSPS) is 20.4. The minimum Gasteiger partial charge on any atom is -0.389 e. The van der Waals surface area contributed by atoms with Crippen LogP contribution in [0.5, 0.6) is 0 Å². The number of nitrogens with zero attached hydrogens (tertiary/aromatic N) is 3. The van der Waals surface area contributed by atoms with Crippen LogP contribution in [0.15, 0.2) is 89.9 Å². The van der Waals surface area contributed by atoms with Crippen molar-refractivity contribution in [2.75, 3.05) is 6.54 Å². The lowest BCUT2D eigenvalue weighted by atomic mass is 9.92. The highest BCUT2D eigenvalue weighted by Crippen LogP contribution is 2.37. The standard InChI is InChI=1S/C21H23N3O/c25-19(14-23-12-11-22-16-23)15-24-20-9-5-1-3-7-17(20)13-18-8-4-2-6-10-21(18)24/h1-7,10-12,16,19,25H,8-9,13-15H2. The molecule has 4 heteroatoms. The van der Waals surface area contributed by atoms with E-state index in [1.54, 1.807) is 12.5 Å². The summed E-state index contributed by atoms with van der Waals surface area (Å²) in [6, 6.07) is 0. The van der Waals surface area contributed by atoms with Crippen LogP contribution in [-0.2, 0) is 6.54 Å². The van der Waals surface area contributed by atoms with Crippen molar-refractivity contribution >= 4 is 0 Å². The third kappa shape index (κ3) is 3.44. The Hall–Kier alpha value is -2.59. The minimum absolute atomic E-state index is 0.462. The lowest BCUT2D eigenvalue weighted by Gasteiger charge is -2.36. The zero-order valence-corrected chi connectivity index (χ0v) is 14.3. The van der Waals surface area contributed by atoms with Gasteiger partial charge in [0.25, 0.3) is 0 Å². The fourth-order valence-corrected chi connectivity index (χ4v) is 3.69. The van der Waals surface area contributed by atoms with Gasteiger partial charge < -0.3 is 14.6 Å². The fourth-order valence-electron chi connectivity index (χ4n) is 3.69. The number of allylic oxidation sites excluding steroid dienone is 10. The van der Waals surface area contributed by atoms with Crippen molar-refractivity contribution in [1.29, 1.82) is 0 Å². The summed E-state index contributed by atoms with van der Waals surface area (Å²) in [7, 11) is 0. The molecule has 3 aliphatic rings. The first-order valence-corrected chi connectivity index (χ1v) is 8.83. The van der Waals surface area contributed by atoms with E-state index in [4.69, 9.17) is 0 Å². The summed E-state index contributed by atoms with van der Waals surface area (Å²) < 4.78 is 1.93. The van der Waals surface area contributed by atoms with E-state index in [9.17, 15) is 5.11 Å². The van der Waals surface area contributed by atoms with Gasteiger partial charge in [-0.3, -0.25) is 0 Å². The molecule has 1 N–H and O–H groups in total. The summed E-state index contributed by atoms with van der Waals surface area (Å²) in [4.78, 5) is 6.38. The number of aliphatic hydroxyl groups excluding tert-OH is 1. The Kier molecular flexibility index (Phi) is 4.53. The molecule has 4 nitrogen and oxygen atoms in total. The maximum Gasteiger partial charge on any atom is 0.0946 e. The summed E-state index contributed by atoms with van der Waals surface area (Å²) in [6.07, 6.45) is 25.0. The Morgan fingerprint density at radius 1 is 1.04 bits per heavy atom. The van der Waals surface area contributed by atoms with Crippen LogP contribution in [0.4, 0.5) is 0 Å². The highest BCUT2D eigenvalue weighted by molar-refractivity contribution is 5.46. The maximum absolute atomic E-state index is 10.7. The van der Waals surface area contributed by atoms with Gasteiger partial charge in [0.2, 0.25) is 0 Å². The van der Waals surface area contributed by atoms with Crippen LogP contribution in [0.25, 0.3) is 0 Å². The molecule has 0 saturated heterocycles. The average Bonchev–Trinajstić information content (AvgIpc) is 2.85. The van der Waals surface area contributed by atoms with Gasteiger partial charge in [0.15, 0.2) is 0 Å². The van der Waals surface area contributed by atoms with Gasteiger partial charge in [-0.15, -0.1) is 0 Å². The van der Waals surface area contributed by atoms with E-state index in [2.05, 4.69) is 58.5 Å². The third-order valence-corrected chi connectivity index (χ3v) is 4.85. The Balaban J connectivity index is 1.63. The van der Waals surface area contributed by atoms with Crippen molar-refractivity contribution < 1.29 is 5.11 Å². The Morgan fingerprint density at radius 2 is 1.88 bits per heavy atom. The quantitative estimate of drug-likeness (QED) is 0.917. The highest BCUT2D eigenvalue weighted by atomic mass is 16.3. The second-order valence-corrected chi connectivity index (χ2v) is 6.64. The zero-order valence-electron chi connectivity index (χ0n) is 14.3. The molecule has 1 aliphatic heterocycles. The van der Waals surface area contributed by atoms with Gasteiger partial charge >= 0.3 is 0 Å². The molecule has 1 atom stereocenters. The number of rotatable bonds is 4. The number of aliphatic hydroxyl groups is 1. The van der Waals surface area contributed by atoms with E-state index in [1.165, 1.54) is 22.5 Å². The van der Waals surface area contributed by atoms with Crippen molar-refractivity contribution in [3.63, 3.8) is 0 Å². The zero-order chi connectivity index (χ0) is 17.1. The molecule has 1 unspecified atom stereocenters. The molecule has 1 aromatic heterocycles. The van der Waals surface area contributed by atoms with E-state index < -0.39 is 6.10 Å². The first-order chi connectivity index (χ1) is 12.3. The van der Waals surface area contributed by atoms with Crippen molar-refractivity contribution in [2.45, 2.75) is 31.9 Å². The van der Waals surface area contributed by atoms with Crippen LogP contribution in [0, 0.1) is 0 Å². The molecular weight excluding hydrogens is 310 g/mol. The van der Waals surface area contributed by atoms with Crippen molar-refractivity contribution in [3.8, 4) is 0 Å². The minimum atomic E-state index is -0.462. The van der Waals surface area contributed by atoms with E-state index in [1.807, 2.05) is 10.8 Å². The predicted octanol–water partition coefficient (Wildman–Crippen LogP) is 3.49. The Morgan fingerprint density at radius 3 is 2.72 bits per heavy atom. The Labute approximate surface area is 148 Å². The molecule has 128 valence electrons. The number of β-amino-alcohol motifs (C(OH)–C–C–N with tert-alkyl or cyclic N) is 1. The summed E-state index contributed by atoms with van der Waals surface area (Å²) >= 11 is 0. The van der Waals surface area contributed by atoms with Gasteiger partial charge in [0.1, 0.15) is 0 Å². The lowest BCUT2D eigenvalue weighted by Crippen LogP contribution is -2.36. The third-order valence-electron chi connectivity index (χ3n) is 4.85. The summed E-state index contributed by atoms with van der Waals surface area (Å²) in [5.41, 5.74) is 5.34. The van der Waals surface area contributed by atoms with Crippen LogP contribution in [0.3, 0.4) is 0 Å². The summed E-state index contributed by atoms with van der Waals surface area (Å²) in [5, 5.41) is 10.7. The summed E-state index contributed by atoms with van der Waals surface area (Å²) in [6.45, 7) is 1.14. The van der Waals surface area contributed by atoms with Crippen LogP contribution in [0.2, 0.25) is 0 Å². The van der Waals surface area contributed by atoms with Gasteiger partial charge in [-0.25, -0.2) is 4.98 Å². The predicted molar refractivity (Wildman–Crippen MR) is 99.4 cm³/mol. The van der Waals surface area contributed by atoms with E-state index in [0.717, 1.165) is 19.3 Å². The molecule has 0 radical (unpaired) electrons. The molecule has 0 amide bonds. The first-order valence-electron chi connectivity index (χ1n) is 8.83. The van der Waals surface area contributed by atoms with Crippen LogP contribution in [0.1, 0.15) is 19.3 Å². The maximum atomic E-state index is 10.7. The molecule has 0 spiro atoms. The van der Waals surface area contributed by atoms with Crippen molar-refractivity contribution in [1.82, 2.24) is 14.5 Å². The van der Waals surface area contributed by atoms with Crippen LogP contribution in [-0.4, -0.2) is 32.2 Å².